The van der Waals surface area contributed by atoms with Crippen LogP contribution in [-0.2, 0) is 6.61 Å². The molecule has 0 unspecified atom stereocenters. The smallest absolute Gasteiger partial charge is 0.201 e. The number of benzene rings is 3. The Morgan fingerprint density at radius 2 is 1.38 bits per heavy atom. The molecule has 0 bridgehead atoms. The molecule has 3 aromatic rings. The number of hydrogen-bond donors (Lipinski definition) is 0. The highest BCUT2D eigenvalue weighted by atomic mass is 19.2. The van der Waals surface area contributed by atoms with E-state index < -0.39 is 23.3 Å². The normalized spacial score (nSPS) is 18.1. The van der Waals surface area contributed by atoms with Crippen LogP contribution in [-0.4, -0.2) is 7.11 Å². The third-order valence-electron chi connectivity index (χ3n) is 6.87. The monoisotopic (exact) mass is 472 g/mol. The van der Waals surface area contributed by atoms with E-state index in [0.717, 1.165) is 32.1 Å². The van der Waals surface area contributed by atoms with Gasteiger partial charge in [0.15, 0.2) is 23.1 Å². The van der Waals surface area contributed by atoms with Gasteiger partial charge in [0.25, 0.3) is 0 Å². The SMILES string of the molecule is CCC1CCC(c2ccc(OCc3ccc(-c4ccc(OC)c(F)c4F)cc3)c(F)c2F)CC1. The predicted molar refractivity (Wildman–Crippen MR) is 124 cm³/mol. The summed E-state index contributed by atoms with van der Waals surface area (Å²) in [6.07, 6.45) is 4.97. The van der Waals surface area contributed by atoms with Crippen molar-refractivity contribution in [3.8, 4) is 22.6 Å². The minimum absolute atomic E-state index is 0.0110. The highest BCUT2D eigenvalue weighted by Crippen LogP contribution is 2.39. The van der Waals surface area contributed by atoms with Gasteiger partial charge in [0.05, 0.1) is 7.11 Å². The minimum atomic E-state index is -1.05. The number of methoxy groups -OCH3 is 1. The molecule has 1 aliphatic carbocycles. The summed E-state index contributed by atoms with van der Waals surface area (Å²) >= 11 is 0. The van der Waals surface area contributed by atoms with Crippen LogP contribution in [0, 0.1) is 29.2 Å². The van der Waals surface area contributed by atoms with E-state index in [4.69, 9.17) is 9.47 Å². The molecule has 1 saturated carbocycles. The van der Waals surface area contributed by atoms with Crippen molar-refractivity contribution in [2.24, 2.45) is 5.92 Å². The van der Waals surface area contributed by atoms with Gasteiger partial charge in [-0.1, -0.05) is 43.7 Å². The van der Waals surface area contributed by atoms with Crippen molar-refractivity contribution in [3.63, 3.8) is 0 Å². The molecule has 180 valence electrons. The first-order chi connectivity index (χ1) is 16.4. The quantitative estimate of drug-likeness (QED) is 0.323. The number of ether oxygens (including phenoxy) is 2. The van der Waals surface area contributed by atoms with Gasteiger partial charge in [-0.05, 0) is 72.4 Å². The van der Waals surface area contributed by atoms with Crippen molar-refractivity contribution in [2.75, 3.05) is 7.11 Å². The lowest BCUT2D eigenvalue weighted by molar-refractivity contribution is 0.280. The molecule has 0 heterocycles. The van der Waals surface area contributed by atoms with E-state index in [1.807, 2.05) is 0 Å². The molecule has 0 spiro atoms. The predicted octanol–water partition coefficient (Wildman–Crippen LogP) is 8.18. The molecule has 0 aliphatic heterocycles. The Balaban J connectivity index is 1.43. The molecule has 1 aliphatic rings. The minimum Gasteiger partial charge on any atom is -0.494 e. The fourth-order valence-corrected chi connectivity index (χ4v) is 4.71. The van der Waals surface area contributed by atoms with Gasteiger partial charge in [-0.15, -0.1) is 0 Å². The zero-order valence-corrected chi connectivity index (χ0v) is 19.3. The molecule has 0 radical (unpaired) electrons. The fourth-order valence-electron chi connectivity index (χ4n) is 4.71. The average Bonchev–Trinajstić information content (AvgIpc) is 2.87. The van der Waals surface area contributed by atoms with Crippen molar-refractivity contribution in [1.82, 2.24) is 0 Å². The first-order valence-corrected chi connectivity index (χ1v) is 11.6. The number of rotatable bonds is 7. The Morgan fingerprint density at radius 1 is 0.735 bits per heavy atom. The molecule has 0 aromatic heterocycles. The second-order valence-electron chi connectivity index (χ2n) is 8.84. The Labute approximate surface area is 197 Å². The van der Waals surface area contributed by atoms with Crippen LogP contribution in [0.5, 0.6) is 11.5 Å². The molecular formula is C28H28F4O2. The van der Waals surface area contributed by atoms with Crippen LogP contribution in [0.3, 0.4) is 0 Å². The maximum atomic E-state index is 14.8. The third kappa shape index (κ3) is 4.91. The first kappa shape index (κ1) is 24.1. The standard InChI is InChI=1S/C28H28F4O2/c1-3-17-4-8-19(9-5-17)22-13-15-24(28(32)26(22)30)34-16-18-6-10-20(11-7-18)21-12-14-23(33-2)27(31)25(21)29/h6-7,10-15,17,19H,3-5,8-9,16H2,1-2H3. The van der Waals surface area contributed by atoms with Crippen LogP contribution in [0.2, 0.25) is 0 Å². The van der Waals surface area contributed by atoms with Crippen LogP contribution < -0.4 is 9.47 Å². The van der Waals surface area contributed by atoms with E-state index in [9.17, 15) is 17.6 Å². The number of hydrogen-bond acceptors (Lipinski definition) is 2. The zero-order chi connectivity index (χ0) is 24.2. The molecule has 0 saturated heterocycles. The Kier molecular flexibility index (Phi) is 7.44. The summed E-state index contributed by atoms with van der Waals surface area (Å²) in [6, 6.07) is 12.5. The van der Waals surface area contributed by atoms with E-state index in [1.165, 1.54) is 25.3 Å². The van der Waals surface area contributed by atoms with Gasteiger partial charge in [-0.3, -0.25) is 0 Å². The summed E-state index contributed by atoms with van der Waals surface area (Å²) < 4.78 is 68.1. The van der Waals surface area contributed by atoms with Gasteiger partial charge in [-0.2, -0.15) is 8.78 Å². The molecule has 1 fully saturated rings. The van der Waals surface area contributed by atoms with Crippen molar-refractivity contribution < 1.29 is 27.0 Å². The van der Waals surface area contributed by atoms with Gasteiger partial charge < -0.3 is 9.47 Å². The summed E-state index contributed by atoms with van der Waals surface area (Å²) in [5, 5.41) is 0. The second-order valence-corrected chi connectivity index (χ2v) is 8.84. The summed E-state index contributed by atoms with van der Waals surface area (Å²) in [5.74, 6) is -3.43. The van der Waals surface area contributed by atoms with Crippen molar-refractivity contribution in [1.29, 1.82) is 0 Å². The molecular weight excluding hydrogens is 444 g/mol. The van der Waals surface area contributed by atoms with E-state index in [0.29, 0.717) is 22.6 Å². The summed E-state index contributed by atoms with van der Waals surface area (Å²) in [6.45, 7) is 2.18. The van der Waals surface area contributed by atoms with E-state index >= 15 is 0 Å². The molecule has 34 heavy (non-hydrogen) atoms. The molecule has 2 nitrogen and oxygen atoms in total. The molecule has 0 amide bonds. The zero-order valence-electron chi connectivity index (χ0n) is 19.3. The van der Waals surface area contributed by atoms with Crippen LogP contribution in [0.25, 0.3) is 11.1 Å². The van der Waals surface area contributed by atoms with Crippen LogP contribution in [0.15, 0.2) is 48.5 Å². The third-order valence-corrected chi connectivity index (χ3v) is 6.87. The highest BCUT2D eigenvalue weighted by molar-refractivity contribution is 5.65. The van der Waals surface area contributed by atoms with Gasteiger partial charge >= 0.3 is 0 Å². The van der Waals surface area contributed by atoms with E-state index in [1.54, 1.807) is 30.3 Å². The van der Waals surface area contributed by atoms with Gasteiger partial charge in [0.1, 0.15) is 6.61 Å². The number of halogens is 4. The van der Waals surface area contributed by atoms with Crippen LogP contribution >= 0.6 is 0 Å². The average molecular weight is 473 g/mol. The van der Waals surface area contributed by atoms with Crippen molar-refractivity contribution >= 4 is 0 Å². The topological polar surface area (TPSA) is 18.5 Å². The van der Waals surface area contributed by atoms with Gasteiger partial charge in [-0.25, -0.2) is 8.78 Å². The van der Waals surface area contributed by atoms with Gasteiger partial charge in [0.2, 0.25) is 11.6 Å². The lowest BCUT2D eigenvalue weighted by Gasteiger charge is -2.28. The van der Waals surface area contributed by atoms with Gasteiger partial charge in [0, 0.05) is 5.56 Å². The van der Waals surface area contributed by atoms with Crippen LogP contribution in [0.1, 0.15) is 56.1 Å². The molecule has 3 aromatic carbocycles. The summed E-state index contributed by atoms with van der Waals surface area (Å²) in [4.78, 5) is 0. The lowest BCUT2D eigenvalue weighted by atomic mass is 9.77. The Hall–Kier alpha value is -3.02. The molecule has 0 atom stereocenters. The molecule has 0 N–H and O–H groups in total. The summed E-state index contributed by atoms with van der Waals surface area (Å²) in [5.41, 5.74) is 1.68. The Morgan fingerprint density at radius 3 is 2.03 bits per heavy atom. The first-order valence-electron chi connectivity index (χ1n) is 11.6. The summed E-state index contributed by atoms with van der Waals surface area (Å²) in [7, 11) is 1.27. The highest BCUT2D eigenvalue weighted by Gasteiger charge is 2.26. The Bertz CT molecular complexity index is 1140. The fraction of sp³-hybridized carbons (Fsp3) is 0.357. The lowest BCUT2D eigenvalue weighted by Crippen LogP contribution is -2.14. The van der Waals surface area contributed by atoms with Crippen molar-refractivity contribution in [3.05, 3.63) is 82.9 Å². The van der Waals surface area contributed by atoms with Crippen LogP contribution in [0.4, 0.5) is 17.6 Å². The van der Waals surface area contributed by atoms with E-state index in [-0.39, 0.29) is 29.6 Å². The second kappa shape index (κ2) is 10.5. The van der Waals surface area contributed by atoms with E-state index in [2.05, 4.69) is 6.92 Å². The maximum Gasteiger partial charge on any atom is 0.201 e. The van der Waals surface area contributed by atoms with Crippen molar-refractivity contribution in [2.45, 2.75) is 51.6 Å². The molecule has 6 heteroatoms. The maximum absolute atomic E-state index is 14.8. The largest absolute Gasteiger partial charge is 0.494 e. The molecule has 4 rings (SSSR count).